The van der Waals surface area contributed by atoms with E-state index in [0.29, 0.717) is 18.7 Å². The molecule has 0 heterocycles. The van der Waals surface area contributed by atoms with Gasteiger partial charge in [0.2, 0.25) is 5.78 Å². The fraction of sp³-hybridized carbons (Fsp3) is 0.385. The van der Waals surface area contributed by atoms with Crippen molar-refractivity contribution >= 4 is 11.7 Å². The Morgan fingerprint density at radius 3 is 2.29 bits per heavy atom. The van der Waals surface area contributed by atoms with Crippen LogP contribution < -0.4 is 0 Å². The molecular weight excluding hydrogens is 221 g/mol. The van der Waals surface area contributed by atoms with Gasteiger partial charge in [-0.3, -0.25) is 9.59 Å². The van der Waals surface area contributed by atoms with Crippen LogP contribution in [-0.2, 0) is 4.79 Å². The molecule has 0 atom stereocenters. The largest absolute Gasteiger partial charge is 0.336 e. The molecule has 1 aromatic carbocycles. The summed E-state index contributed by atoms with van der Waals surface area (Å²) in [6.45, 7) is 6.16. The van der Waals surface area contributed by atoms with Crippen molar-refractivity contribution in [2.45, 2.75) is 20.8 Å². The van der Waals surface area contributed by atoms with Gasteiger partial charge in [0.15, 0.2) is 0 Å². The van der Waals surface area contributed by atoms with Gasteiger partial charge in [-0.05, 0) is 44.5 Å². The summed E-state index contributed by atoms with van der Waals surface area (Å²) in [5.74, 6) is -1.50. The maximum absolute atomic E-state index is 13.0. The number of nitrogens with zero attached hydrogens (tertiary/aromatic N) is 1. The Hall–Kier alpha value is -1.71. The van der Waals surface area contributed by atoms with Gasteiger partial charge in [-0.15, -0.1) is 0 Å². The highest BCUT2D eigenvalue weighted by Gasteiger charge is 2.21. The highest BCUT2D eigenvalue weighted by molar-refractivity contribution is 6.42. The first kappa shape index (κ1) is 13.4. The average Bonchev–Trinajstić information content (AvgIpc) is 2.33. The Morgan fingerprint density at radius 1 is 1.24 bits per heavy atom. The predicted molar refractivity (Wildman–Crippen MR) is 63.4 cm³/mol. The number of hydrogen-bond acceptors (Lipinski definition) is 2. The van der Waals surface area contributed by atoms with Gasteiger partial charge in [0.1, 0.15) is 5.82 Å². The summed E-state index contributed by atoms with van der Waals surface area (Å²) >= 11 is 0. The second kappa shape index (κ2) is 5.57. The van der Waals surface area contributed by atoms with Crippen LogP contribution in [0, 0.1) is 12.7 Å². The van der Waals surface area contributed by atoms with E-state index >= 15 is 0 Å². The van der Waals surface area contributed by atoms with Crippen molar-refractivity contribution in [2.24, 2.45) is 0 Å². The third-order valence-corrected chi connectivity index (χ3v) is 2.67. The molecule has 0 aliphatic heterocycles. The summed E-state index contributed by atoms with van der Waals surface area (Å²) in [7, 11) is 0. The number of likely N-dealkylation sites (N-methyl/N-ethyl adjacent to an activating group) is 1. The minimum Gasteiger partial charge on any atom is -0.336 e. The van der Waals surface area contributed by atoms with Gasteiger partial charge in [0.05, 0.1) is 0 Å². The fourth-order valence-corrected chi connectivity index (χ4v) is 1.56. The van der Waals surface area contributed by atoms with E-state index < -0.39 is 11.7 Å². The van der Waals surface area contributed by atoms with Crippen molar-refractivity contribution in [1.82, 2.24) is 4.90 Å². The van der Waals surface area contributed by atoms with Crippen molar-refractivity contribution in [3.05, 3.63) is 35.1 Å². The molecular formula is C13H16FNO2. The molecule has 17 heavy (non-hydrogen) atoms. The lowest BCUT2D eigenvalue weighted by Gasteiger charge is -2.17. The van der Waals surface area contributed by atoms with E-state index in [1.54, 1.807) is 6.92 Å². The smallest absolute Gasteiger partial charge is 0.294 e. The molecule has 0 aromatic heterocycles. The van der Waals surface area contributed by atoms with Crippen molar-refractivity contribution < 1.29 is 14.0 Å². The molecule has 3 nitrogen and oxygen atoms in total. The molecule has 1 rings (SSSR count). The molecule has 1 amide bonds. The first-order valence-corrected chi connectivity index (χ1v) is 5.61. The number of rotatable bonds is 4. The standard InChI is InChI=1S/C13H16FNO2/c1-4-15(5-2)13(17)12(16)10-6-7-11(14)9(3)8-10/h6-8H,4-5H2,1-3H3. The molecule has 0 N–H and O–H groups in total. The first-order valence-electron chi connectivity index (χ1n) is 5.61. The molecule has 0 bridgehead atoms. The van der Waals surface area contributed by atoms with E-state index in [9.17, 15) is 14.0 Å². The van der Waals surface area contributed by atoms with Crippen molar-refractivity contribution in [3.63, 3.8) is 0 Å². The lowest BCUT2D eigenvalue weighted by Crippen LogP contribution is -2.36. The molecule has 0 spiro atoms. The third kappa shape index (κ3) is 2.90. The SMILES string of the molecule is CCN(CC)C(=O)C(=O)c1ccc(F)c(C)c1. The monoisotopic (exact) mass is 237 g/mol. The van der Waals surface area contributed by atoms with Gasteiger partial charge in [-0.2, -0.15) is 0 Å². The van der Waals surface area contributed by atoms with Gasteiger partial charge in [0, 0.05) is 18.7 Å². The van der Waals surface area contributed by atoms with E-state index in [1.807, 2.05) is 13.8 Å². The topological polar surface area (TPSA) is 37.4 Å². The number of ketones is 1. The molecule has 0 aliphatic carbocycles. The zero-order valence-electron chi connectivity index (χ0n) is 10.3. The number of aryl methyl sites for hydroxylation is 1. The molecule has 1 aromatic rings. The Labute approximate surface area is 100 Å². The summed E-state index contributed by atoms with van der Waals surface area (Å²) in [6.07, 6.45) is 0. The highest BCUT2D eigenvalue weighted by atomic mass is 19.1. The minimum atomic E-state index is -0.586. The molecule has 0 unspecified atom stereocenters. The number of Topliss-reactive ketones (excluding diaryl/α,β-unsaturated/α-hetero) is 1. The number of hydrogen-bond donors (Lipinski definition) is 0. The minimum absolute atomic E-state index is 0.237. The molecule has 0 saturated carbocycles. The zero-order valence-corrected chi connectivity index (χ0v) is 10.3. The number of benzene rings is 1. The van der Waals surface area contributed by atoms with Crippen LogP contribution in [0.4, 0.5) is 4.39 Å². The predicted octanol–water partition coefficient (Wildman–Crippen LogP) is 2.19. The fourth-order valence-electron chi connectivity index (χ4n) is 1.56. The highest BCUT2D eigenvalue weighted by Crippen LogP contribution is 2.11. The van der Waals surface area contributed by atoms with Crippen LogP contribution in [0.5, 0.6) is 0 Å². The van der Waals surface area contributed by atoms with Crippen LogP contribution in [0.15, 0.2) is 18.2 Å². The summed E-state index contributed by atoms with van der Waals surface area (Å²) in [6, 6.07) is 3.95. The third-order valence-electron chi connectivity index (χ3n) is 2.67. The second-order valence-electron chi connectivity index (χ2n) is 3.77. The van der Waals surface area contributed by atoms with E-state index in [-0.39, 0.29) is 11.4 Å². The number of carbonyl (C=O) groups excluding carboxylic acids is 2. The molecule has 92 valence electrons. The quantitative estimate of drug-likeness (QED) is 0.594. The Morgan fingerprint density at radius 2 is 1.82 bits per heavy atom. The van der Waals surface area contributed by atoms with Crippen LogP contribution in [0.1, 0.15) is 29.8 Å². The maximum Gasteiger partial charge on any atom is 0.294 e. The van der Waals surface area contributed by atoms with E-state index in [1.165, 1.54) is 23.1 Å². The second-order valence-corrected chi connectivity index (χ2v) is 3.77. The summed E-state index contributed by atoms with van der Waals surface area (Å²) < 4.78 is 13.0. The lowest BCUT2D eigenvalue weighted by molar-refractivity contribution is -0.126. The molecule has 0 saturated heterocycles. The normalized spacial score (nSPS) is 10.1. The summed E-state index contributed by atoms with van der Waals surface area (Å²) in [4.78, 5) is 25.1. The first-order chi connectivity index (χ1) is 8.01. The zero-order chi connectivity index (χ0) is 13.0. The van der Waals surface area contributed by atoms with Gasteiger partial charge in [-0.1, -0.05) is 0 Å². The number of carbonyl (C=O) groups is 2. The lowest BCUT2D eigenvalue weighted by atomic mass is 10.1. The van der Waals surface area contributed by atoms with Crippen molar-refractivity contribution in [1.29, 1.82) is 0 Å². The Balaban J connectivity index is 2.96. The van der Waals surface area contributed by atoms with Crippen LogP contribution in [0.3, 0.4) is 0 Å². The van der Waals surface area contributed by atoms with E-state index in [4.69, 9.17) is 0 Å². The Bertz CT molecular complexity index is 439. The number of amides is 1. The van der Waals surface area contributed by atoms with Gasteiger partial charge < -0.3 is 4.90 Å². The van der Waals surface area contributed by atoms with Crippen LogP contribution in [0.2, 0.25) is 0 Å². The van der Waals surface area contributed by atoms with Crippen LogP contribution in [-0.4, -0.2) is 29.7 Å². The maximum atomic E-state index is 13.0. The summed E-state index contributed by atoms with van der Waals surface area (Å²) in [5.41, 5.74) is 0.601. The molecule has 0 aliphatic rings. The molecule has 4 heteroatoms. The van der Waals surface area contributed by atoms with E-state index in [2.05, 4.69) is 0 Å². The van der Waals surface area contributed by atoms with Crippen LogP contribution >= 0.6 is 0 Å². The van der Waals surface area contributed by atoms with Crippen LogP contribution in [0.25, 0.3) is 0 Å². The number of halogens is 1. The molecule has 0 fully saturated rings. The van der Waals surface area contributed by atoms with Gasteiger partial charge in [0.25, 0.3) is 5.91 Å². The molecule has 0 radical (unpaired) electrons. The summed E-state index contributed by atoms with van der Waals surface area (Å²) in [5, 5.41) is 0. The average molecular weight is 237 g/mol. The Kier molecular flexibility index (Phi) is 4.37. The van der Waals surface area contributed by atoms with Gasteiger partial charge >= 0.3 is 0 Å². The van der Waals surface area contributed by atoms with Crippen molar-refractivity contribution in [3.8, 4) is 0 Å². The van der Waals surface area contributed by atoms with Crippen molar-refractivity contribution in [2.75, 3.05) is 13.1 Å². The van der Waals surface area contributed by atoms with E-state index in [0.717, 1.165) is 0 Å². The van der Waals surface area contributed by atoms with Gasteiger partial charge in [-0.25, -0.2) is 4.39 Å².